The normalized spacial score (nSPS) is 17.6. The van der Waals surface area contributed by atoms with Crippen LogP contribution in [0.4, 0.5) is 35.3 Å². The summed E-state index contributed by atoms with van der Waals surface area (Å²) >= 11 is 0. The number of benzene rings is 1. The van der Waals surface area contributed by atoms with Gasteiger partial charge in [-0.2, -0.15) is 13.2 Å². The lowest BCUT2D eigenvalue weighted by molar-refractivity contribution is -0.137. The molecule has 0 atom stereocenters. The molecule has 0 spiro atoms. The molecule has 8 nitrogen and oxygen atoms in total. The van der Waals surface area contributed by atoms with E-state index in [1.54, 1.807) is 4.90 Å². The third kappa shape index (κ3) is 5.16. The summed E-state index contributed by atoms with van der Waals surface area (Å²) in [6.45, 7) is 4.89. The van der Waals surface area contributed by atoms with E-state index < -0.39 is 17.8 Å². The summed E-state index contributed by atoms with van der Waals surface area (Å²) in [6.07, 6.45) is -4.45. The topological polar surface area (TPSA) is 73.8 Å². The zero-order chi connectivity index (χ0) is 21.8. The van der Waals surface area contributed by atoms with Gasteiger partial charge in [-0.25, -0.2) is 4.79 Å². The Bertz CT molecular complexity index is 895. The first-order valence-corrected chi connectivity index (χ1v) is 10.0. The fourth-order valence-corrected chi connectivity index (χ4v) is 3.56. The van der Waals surface area contributed by atoms with E-state index in [4.69, 9.17) is 4.74 Å². The van der Waals surface area contributed by atoms with Gasteiger partial charge < -0.3 is 24.8 Å². The van der Waals surface area contributed by atoms with Crippen molar-refractivity contribution in [3.63, 3.8) is 0 Å². The first kappa shape index (κ1) is 21.2. The van der Waals surface area contributed by atoms with Crippen molar-refractivity contribution in [3.8, 4) is 0 Å². The quantitative estimate of drug-likeness (QED) is 0.798. The predicted octanol–water partition coefficient (Wildman–Crippen LogP) is 2.69. The molecule has 0 unspecified atom stereocenters. The van der Waals surface area contributed by atoms with Crippen LogP contribution < -0.4 is 15.1 Å². The predicted molar refractivity (Wildman–Crippen MR) is 109 cm³/mol. The van der Waals surface area contributed by atoms with Crippen molar-refractivity contribution in [2.75, 3.05) is 67.6 Å². The highest BCUT2D eigenvalue weighted by molar-refractivity contribution is 5.89. The number of nitrogens with zero attached hydrogens (tertiary/aromatic N) is 5. The standard InChI is InChI=1S/C20H23F3N6O2/c21-20(22,23)15-2-1-3-16(14-15)24-19(30)29-8-6-27(7-9-29)17-4-5-18(26-25-17)28-10-12-31-13-11-28/h1-5,14H,6-13H2,(H,24,30). The Morgan fingerprint density at radius 1 is 0.903 bits per heavy atom. The Morgan fingerprint density at radius 2 is 1.52 bits per heavy atom. The van der Waals surface area contributed by atoms with Crippen LogP contribution >= 0.6 is 0 Å². The van der Waals surface area contributed by atoms with Crippen LogP contribution in [-0.2, 0) is 10.9 Å². The number of urea groups is 1. The number of piperazine rings is 1. The molecule has 4 rings (SSSR count). The van der Waals surface area contributed by atoms with Crippen molar-refractivity contribution in [1.82, 2.24) is 15.1 Å². The van der Waals surface area contributed by atoms with Gasteiger partial charge in [0.05, 0.1) is 18.8 Å². The van der Waals surface area contributed by atoms with E-state index in [-0.39, 0.29) is 5.69 Å². The van der Waals surface area contributed by atoms with E-state index in [1.165, 1.54) is 12.1 Å². The van der Waals surface area contributed by atoms with Crippen LogP contribution in [0.25, 0.3) is 0 Å². The van der Waals surface area contributed by atoms with E-state index in [0.29, 0.717) is 39.4 Å². The number of hydrogen-bond donors (Lipinski definition) is 1. The Kier molecular flexibility index (Phi) is 6.12. The molecular weight excluding hydrogens is 413 g/mol. The number of hydrogen-bond acceptors (Lipinski definition) is 6. The minimum absolute atomic E-state index is 0.117. The average molecular weight is 436 g/mol. The first-order chi connectivity index (χ1) is 14.9. The molecule has 2 amide bonds. The van der Waals surface area contributed by atoms with Crippen LogP contribution in [0, 0.1) is 0 Å². The molecule has 1 N–H and O–H groups in total. The number of alkyl halides is 3. The number of ether oxygens (including phenoxy) is 1. The zero-order valence-electron chi connectivity index (χ0n) is 16.8. The molecule has 2 aromatic rings. The summed E-state index contributed by atoms with van der Waals surface area (Å²) in [5.41, 5.74) is -0.680. The largest absolute Gasteiger partial charge is 0.416 e. The second-order valence-electron chi connectivity index (χ2n) is 7.33. The molecule has 31 heavy (non-hydrogen) atoms. The summed E-state index contributed by atoms with van der Waals surface area (Å²) < 4.78 is 43.9. The number of aromatic nitrogens is 2. The molecule has 1 aromatic carbocycles. The zero-order valence-corrected chi connectivity index (χ0v) is 16.8. The lowest BCUT2D eigenvalue weighted by atomic mass is 10.2. The summed E-state index contributed by atoms with van der Waals surface area (Å²) in [7, 11) is 0. The summed E-state index contributed by atoms with van der Waals surface area (Å²) in [4.78, 5) is 18.2. The van der Waals surface area contributed by atoms with Gasteiger partial charge in [0, 0.05) is 45.0 Å². The second kappa shape index (κ2) is 8.96. The molecule has 2 aliphatic heterocycles. The molecule has 2 saturated heterocycles. The van der Waals surface area contributed by atoms with Gasteiger partial charge in [-0.15, -0.1) is 10.2 Å². The number of rotatable bonds is 3. The molecule has 1 aromatic heterocycles. The third-order valence-corrected chi connectivity index (χ3v) is 5.30. The van der Waals surface area contributed by atoms with Crippen LogP contribution in [0.2, 0.25) is 0 Å². The first-order valence-electron chi connectivity index (χ1n) is 10.0. The lowest BCUT2D eigenvalue weighted by Gasteiger charge is -2.35. The molecule has 2 aliphatic rings. The van der Waals surface area contributed by atoms with Crippen molar-refractivity contribution in [2.45, 2.75) is 6.18 Å². The van der Waals surface area contributed by atoms with Crippen LogP contribution in [0.15, 0.2) is 36.4 Å². The van der Waals surface area contributed by atoms with E-state index >= 15 is 0 Å². The van der Waals surface area contributed by atoms with Crippen molar-refractivity contribution >= 4 is 23.4 Å². The lowest BCUT2D eigenvalue weighted by Crippen LogP contribution is -2.50. The molecule has 0 saturated carbocycles. The van der Waals surface area contributed by atoms with Gasteiger partial charge in [-0.1, -0.05) is 6.07 Å². The number of anilines is 3. The highest BCUT2D eigenvalue weighted by Crippen LogP contribution is 2.30. The summed E-state index contributed by atoms with van der Waals surface area (Å²) in [5, 5.41) is 11.2. The Balaban J connectivity index is 1.30. The summed E-state index contributed by atoms with van der Waals surface area (Å²) in [5.74, 6) is 1.54. The average Bonchev–Trinajstić information content (AvgIpc) is 2.79. The van der Waals surface area contributed by atoms with Crippen molar-refractivity contribution in [2.24, 2.45) is 0 Å². The number of carbonyl (C=O) groups is 1. The second-order valence-corrected chi connectivity index (χ2v) is 7.33. The van der Waals surface area contributed by atoms with E-state index in [9.17, 15) is 18.0 Å². The van der Waals surface area contributed by atoms with E-state index in [2.05, 4.69) is 20.4 Å². The number of nitrogens with one attached hydrogen (secondary N) is 1. The Hall–Kier alpha value is -3.08. The maximum absolute atomic E-state index is 12.8. The van der Waals surface area contributed by atoms with Crippen molar-refractivity contribution < 1.29 is 22.7 Å². The molecule has 166 valence electrons. The van der Waals surface area contributed by atoms with Gasteiger partial charge in [-0.3, -0.25) is 0 Å². The molecule has 3 heterocycles. The molecular formula is C20H23F3N6O2. The van der Waals surface area contributed by atoms with Crippen LogP contribution in [0.5, 0.6) is 0 Å². The molecule has 0 aliphatic carbocycles. The molecule has 11 heteroatoms. The fraction of sp³-hybridized carbons (Fsp3) is 0.450. The van der Waals surface area contributed by atoms with Gasteiger partial charge >= 0.3 is 12.2 Å². The maximum Gasteiger partial charge on any atom is 0.416 e. The number of amides is 2. The molecule has 2 fully saturated rings. The monoisotopic (exact) mass is 436 g/mol. The van der Waals surface area contributed by atoms with Gasteiger partial charge in [0.15, 0.2) is 11.6 Å². The van der Waals surface area contributed by atoms with Crippen LogP contribution in [0.1, 0.15) is 5.56 Å². The maximum atomic E-state index is 12.8. The van der Waals surface area contributed by atoms with Crippen molar-refractivity contribution in [3.05, 3.63) is 42.0 Å². The smallest absolute Gasteiger partial charge is 0.378 e. The Morgan fingerprint density at radius 3 is 2.10 bits per heavy atom. The van der Waals surface area contributed by atoms with E-state index in [1.807, 2.05) is 17.0 Å². The fourth-order valence-electron chi connectivity index (χ4n) is 3.56. The van der Waals surface area contributed by atoms with Gasteiger partial charge in [-0.05, 0) is 30.3 Å². The SMILES string of the molecule is O=C(Nc1cccc(C(F)(F)F)c1)N1CCN(c2ccc(N3CCOCC3)nn2)CC1. The number of halogens is 3. The van der Waals surface area contributed by atoms with Gasteiger partial charge in [0.25, 0.3) is 0 Å². The number of carbonyl (C=O) groups excluding carboxylic acids is 1. The minimum atomic E-state index is -4.45. The summed E-state index contributed by atoms with van der Waals surface area (Å²) in [6, 6.07) is 8.04. The Labute approximate surface area is 177 Å². The van der Waals surface area contributed by atoms with Gasteiger partial charge in [0.2, 0.25) is 0 Å². The van der Waals surface area contributed by atoms with Crippen LogP contribution in [0.3, 0.4) is 0 Å². The van der Waals surface area contributed by atoms with Crippen molar-refractivity contribution in [1.29, 1.82) is 0 Å². The molecule has 0 radical (unpaired) electrons. The highest BCUT2D eigenvalue weighted by Gasteiger charge is 2.31. The van der Waals surface area contributed by atoms with Crippen LogP contribution in [-0.4, -0.2) is 73.6 Å². The van der Waals surface area contributed by atoms with E-state index in [0.717, 1.165) is 36.9 Å². The van der Waals surface area contributed by atoms with Gasteiger partial charge in [0.1, 0.15) is 0 Å². The third-order valence-electron chi connectivity index (χ3n) is 5.30. The highest BCUT2D eigenvalue weighted by atomic mass is 19.4. The minimum Gasteiger partial charge on any atom is -0.378 e. The number of morpholine rings is 1. The molecule has 0 bridgehead atoms.